The fraction of sp³-hybridized carbons (Fsp3) is 0.143. The van der Waals surface area contributed by atoms with Crippen LogP contribution in [0.25, 0.3) is 10.8 Å². The molecule has 2 aromatic rings. The van der Waals surface area contributed by atoms with Crippen LogP contribution in [0.2, 0.25) is 0 Å². The van der Waals surface area contributed by atoms with Crippen molar-refractivity contribution < 1.29 is 9.53 Å². The molecule has 0 aliphatic heterocycles. The topological polar surface area (TPSA) is 125 Å². The van der Waals surface area contributed by atoms with Gasteiger partial charge in [0.1, 0.15) is 12.6 Å². The number of carbonyl (C=O) groups excluding carboxylic acids is 1. The number of benzene rings is 1. The van der Waals surface area contributed by atoms with Gasteiger partial charge in [0.15, 0.2) is 0 Å². The number of nitrogens with one attached hydrogen (secondary N) is 1. The van der Waals surface area contributed by atoms with Gasteiger partial charge in [-0.15, -0.1) is 0 Å². The molecule has 0 bridgehead atoms. The lowest BCUT2D eigenvalue weighted by molar-refractivity contribution is 0.156. The first-order chi connectivity index (χ1) is 10.1. The van der Waals surface area contributed by atoms with Gasteiger partial charge >= 0.3 is 6.09 Å². The number of pyridine rings is 1. The van der Waals surface area contributed by atoms with E-state index in [4.69, 9.17) is 16.3 Å². The first kappa shape index (κ1) is 14.1. The number of nitrogens with zero attached hydrogens (tertiary/aromatic N) is 3. The zero-order valence-electron chi connectivity index (χ0n) is 10.9. The maximum atomic E-state index is 10.6. The summed E-state index contributed by atoms with van der Waals surface area (Å²) in [5.41, 5.74) is 5.94. The van der Waals surface area contributed by atoms with Gasteiger partial charge in [0, 0.05) is 17.0 Å². The third-order valence-corrected chi connectivity index (χ3v) is 2.77. The maximum Gasteiger partial charge on any atom is 0.404 e. The van der Waals surface area contributed by atoms with Crippen LogP contribution in [0.5, 0.6) is 0 Å². The van der Waals surface area contributed by atoms with E-state index in [0.717, 1.165) is 10.8 Å². The van der Waals surface area contributed by atoms with E-state index in [2.05, 4.69) is 21.1 Å². The van der Waals surface area contributed by atoms with E-state index in [1.807, 2.05) is 6.07 Å². The highest BCUT2D eigenvalue weighted by atomic mass is 16.5. The molecule has 1 unspecified atom stereocenters. The predicted molar refractivity (Wildman–Crippen MR) is 75.0 cm³/mol. The molecule has 0 radical (unpaired) electrons. The van der Waals surface area contributed by atoms with Crippen molar-refractivity contribution >= 4 is 22.6 Å². The zero-order valence-corrected chi connectivity index (χ0v) is 10.9. The van der Waals surface area contributed by atoms with Gasteiger partial charge in [-0.25, -0.2) is 4.79 Å². The van der Waals surface area contributed by atoms with Crippen LogP contribution in [0.4, 0.5) is 10.5 Å². The Kier molecular flexibility index (Phi) is 4.17. The van der Waals surface area contributed by atoms with Crippen molar-refractivity contribution in [2.24, 2.45) is 5.73 Å². The molecule has 0 aliphatic rings. The molecule has 3 N–H and O–H groups in total. The molecule has 0 fully saturated rings. The van der Waals surface area contributed by atoms with Crippen molar-refractivity contribution in [1.82, 2.24) is 4.98 Å². The fourth-order valence-corrected chi connectivity index (χ4v) is 1.81. The number of nitriles is 2. The molecule has 0 spiro atoms. The fourth-order valence-electron chi connectivity index (χ4n) is 1.81. The third-order valence-electron chi connectivity index (χ3n) is 2.77. The van der Waals surface area contributed by atoms with Crippen LogP contribution in [-0.2, 0) is 4.74 Å². The van der Waals surface area contributed by atoms with Crippen molar-refractivity contribution in [2.45, 2.75) is 6.04 Å². The van der Waals surface area contributed by atoms with Gasteiger partial charge in [0.2, 0.25) is 0 Å². The number of nitrogens with two attached hydrogens (primary N) is 1. The van der Waals surface area contributed by atoms with Gasteiger partial charge < -0.3 is 15.8 Å². The molecular weight excluding hydrogens is 270 g/mol. The lowest BCUT2D eigenvalue weighted by Crippen LogP contribution is -2.27. The average Bonchev–Trinajstić information content (AvgIpc) is 2.50. The monoisotopic (exact) mass is 281 g/mol. The molecule has 1 aromatic heterocycles. The molecule has 1 amide bonds. The van der Waals surface area contributed by atoms with Crippen LogP contribution in [-0.4, -0.2) is 23.7 Å². The average molecular weight is 281 g/mol. The number of ether oxygens (including phenoxy) is 1. The summed E-state index contributed by atoms with van der Waals surface area (Å²) >= 11 is 0. The second-order valence-corrected chi connectivity index (χ2v) is 4.19. The number of rotatable bonds is 4. The number of anilines is 1. The number of fused-ring (bicyclic) bond motifs is 1. The minimum Gasteiger partial charge on any atom is -0.446 e. The first-order valence-electron chi connectivity index (χ1n) is 6.00. The number of hydrogen-bond donors (Lipinski definition) is 2. The minimum atomic E-state index is -0.945. The molecule has 0 saturated heterocycles. The predicted octanol–water partition coefficient (Wildman–Crippen LogP) is 1.51. The Morgan fingerprint density at radius 2 is 2.24 bits per heavy atom. The molecule has 2 rings (SSSR count). The van der Waals surface area contributed by atoms with Crippen molar-refractivity contribution in [3.63, 3.8) is 0 Å². The molecule has 104 valence electrons. The SMILES string of the molecule is N#Cc1ccc2cncc(NC(C#N)COC(N)=O)c2c1. The normalized spacial score (nSPS) is 11.1. The van der Waals surface area contributed by atoms with E-state index in [1.54, 1.807) is 24.4 Å². The molecule has 1 atom stereocenters. The van der Waals surface area contributed by atoms with Crippen LogP contribution in [0.15, 0.2) is 30.6 Å². The van der Waals surface area contributed by atoms with Crippen molar-refractivity contribution in [1.29, 1.82) is 10.5 Å². The number of carbonyl (C=O) groups is 1. The molecule has 0 saturated carbocycles. The van der Waals surface area contributed by atoms with Crippen LogP contribution < -0.4 is 11.1 Å². The van der Waals surface area contributed by atoms with E-state index in [-0.39, 0.29) is 6.61 Å². The van der Waals surface area contributed by atoms with E-state index in [0.29, 0.717) is 11.3 Å². The first-order valence-corrected chi connectivity index (χ1v) is 6.00. The largest absolute Gasteiger partial charge is 0.446 e. The summed E-state index contributed by atoms with van der Waals surface area (Å²) in [5, 5.41) is 22.5. The summed E-state index contributed by atoms with van der Waals surface area (Å²) in [6.45, 7) is -0.180. The van der Waals surface area contributed by atoms with Crippen LogP contribution >= 0.6 is 0 Å². The van der Waals surface area contributed by atoms with Crippen LogP contribution in [0.3, 0.4) is 0 Å². The number of primary amides is 1. The highest BCUT2D eigenvalue weighted by molar-refractivity contribution is 5.94. The Morgan fingerprint density at radius 1 is 1.43 bits per heavy atom. The lowest BCUT2D eigenvalue weighted by Gasteiger charge is -2.14. The molecule has 7 nitrogen and oxygen atoms in total. The Hall–Kier alpha value is -3.32. The van der Waals surface area contributed by atoms with Gasteiger partial charge in [-0.3, -0.25) is 4.98 Å². The number of aromatic nitrogens is 1. The van der Waals surface area contributed by atoms with Crippen LogP contribution in [0.1, 0.15) is 5.56 Å². The number of hydrogen-bond acceptors (Lipinski definition) is 6. The Bertz CT molecular complexity index is 760. The molecule has 7 heteroatoms. The Balaban J connectivity index is 2.31. The molecule has 1 aromatic carbocycles. The second kappa shape index (κ2) is 6.22. The standard InChI is InChI=1S/C14H11N5O2/c15-4-9-1-2-10-6-18-7-13(12(10)3-9)19-11(5-16)8-21-14(17)20/h1-3,6-7,11,19H,8H2,(H2,17,20). The Labute approximate surface area is 120 Å². The van der Waals surface area contributed by atoms with Gasteiger partial charge in [0.05, 0.1) is 29.6 Å². The Morgan fingerprint density at radius 3 is 2.90 bits per heavy atom. The van der Waals surface area contributed by atoms with Crippen molar-refractivity contribution in [3.05, 3.63) is 36.2 Å². The highest BCUT2D eigenvalue weighted by Gasteiger charge is 2.12. The summed E-state index contributed by atoms with van der Waals surface area (Å²) in [5.74, 6) is 0. The van der Waals surface area contributed by atoms with Gasteiger partial charge in [-0.2, -0.15) is 10.5 Å². The second-order valence-electron chi connectivity index (χ2n) is 4.19. The quantitative estimate of drug-likeness (QED) is 0.874. The number of amides is 1. The summed E-state index contributed by atoms with van der Waals surface area (Å²) in [6, 6.07) is 8.40. The zero-order chi connectivity index (χ0) is 15.2. The van der Waals surface area contributed by atoms with Crippen molar-refractivity contribution in [3.8, 4) is 12.1 Å². The molecule has 21 heavy (non-hydrogen) atoms. The van der Waals surface area contributed by atoms with E-state index >= 15 is 0 Å². The summed E-state index contributed by atoms with van der Waals surface area (Å²) < 4.78 is 4.61. The van der Waals surface area contributed by atoms with Gasteiger partial charge in [0.25, 0.3) is 0 Å². The van der Waals surface area contributed by atoms with E-state index in [1.165, 1.54) is 6.20 Å². The molecular formula is C14H11N5O2. The molecule has 0 aliphatic carbocycles. The van der Waals surface area contributed by atoms with E-state index < -0.39 is 12.1 Å². The summed E-state index contributed by atoms with van der Waals surface area (Å²) in [7, 11) is 0. The van der Waals surface area contributed by atoms with Crippen LogP contribution in [0, 0.1) is 22.7 Å². The van der Waals surface area contributed by atoms with Crippen molar-refractivity contribution in [2.75, 3.05) is 11.9 Å². The third kappa shape index (κ3) is 3.37. The summed E-state index contributed by atoms with van der Waals surface area (Å²) in [4.78, 5) is 14.6. The van der Waals surface area contributed by atoms with E-state index in [9.17, 15) is 4.79 Å². The maximum absolute atomic E-state index is 10.6. The summed E-state index contributed by atoms with van der Waals surface area (Å²) in [6.07, 6.45) is 2.25. The van der Waals surface area contributed by atoms with Gasteiger partial charge in [-0.1, -0.05) is 6.07 Å². The molecule has 1 heterocycles. The highest BCUT2D eigenvalue weighted by Crippen LogP contribution is 2.23. The lowest BCUT2D eigenvalue weighted by atomic mass is 10.1. The minimum absolute atomic E-state index is 0.180. The van der Waals surface area contributed by atoms with Gasteiger partial charge in [-0.05, 0) is 12.1 Å². The smallest absolute Gasteiger partial charge is 0.404 e.